The van der Waals surface area contributed by atoms with Crippen molar-refractivity contribution < 1.29 is 4.43 Å². The molecule has 0 amide bonds. The summed E-state index contributed by atoms with van der Waals surface area (Å²) in [5.41, 5.74) is 0. The van der Waals surface area contributed by atoms with Crippen molar-refractivity contribution in [1.82, 2.24) is 4.23 Å². The van der Waals surface area contributed by atoms with Crippen LogP contribution in [0.5, 0.6) is 0 Å². The molecule has 5 heteroatoms. The zero-order valence-electron chi connectivity index (χ0n) is 13.6. The van der Waals surface area contributed by atoms with Gasteiger partial charge in [-0.2, -0.15) is 0 Å². The first kappa shape index (κ1) is 17.6. The molecule has 0 heterocycles. The van der Waals surface area contributed by atoms with Crippen molar-refractivity contribution in [3.63, 3.8) is 0 Å². The van der Waals surface area contributed by atoms with Gasteiger partial charge >= 0.3 is 0 Å². The van der Waals surface area contributed by atoms with Gasteiger partial charge in [-0.05, 0) is 25.2 Å². The van der Waals surface area contributed by atoms with Gasteiger partial charge in [-0.25, -0.2) is 0 Å². The summed E-state index contributed by atoms with van der Waals surface area (Å²) in [6.45, 7) is 21.9. The van der Waals surface area contributed by atoms with Crippen molar-refractivity contribution in [2.24, 2.45) is 0 Å². The summed E-state index contributed by atoms with van der Waals surface area (Å²) in [6, 6.07) is 1.98. The van der Waals surface area contributed by atoms with Crippen LogP contribution in [0.4, 0.5) is 0 Å². The molecule has 0 aromatic carbocycles. The van der Waals surface area contributed by atoms with Crippen LogP contribution in [-0.4, -0.2) is 41.2 Å². The summed E-state index contributed by atoms with van der Waals surface area (Å²) in [7, 11) is -2.39. The standard InChI is InChI=1S/C12H33NOSi3/c1-11-15(5,6)13(12(2)3)16(7,8)17(9,10)14-4/h12H,11H2,1-10H3. The fourth-order valence-corrected chi connectivity index (χ4v) is 22.6. The lowest BCUT2D eigenvalue weighted by atomic mass is 10.4. The van der Waals surface area contributed by atoms with Crippen molar-refractivity contribution in [3.05, 3.63) is 0 Å². The molecule has 0 spiro atoms. The minimum Gasteiger partial charge on any atom is -0.422 e. The first-order valence-corrected chi connectivity index (χ1v) is 16.8. The highest BCUT2D eigenvalue weighted by molar-refractivity contribution is 7.38. The highest BCUT2D eigenvalue weighted by Crippen LogP contribution is 2.32. The molecule has 17 heavy (non-hydrogen) atoms. The molecular formula is C12H33NOSi3. The minimum absolute atomic E-state index is 0.653. The van der Waals surface area contributed by atoms with Crippen molar-refractivity contribution in [2.45, 2.75) is 72.1 Å². The molecule has 0 N–H and O–H groups in total. The van der Waals surface area contributed by atoms with Crippen LogP contribution >= 0.6 is 0 Å². The summed E-state index contributed by atoms with van der Waals surface area (Å²) in [4.78, 5) is 0. The largest absolute Gasteiger partial charge is 0.422 e. The second-order valence-corrected chi connectivity index (χ2v) is 26.5. The lowest BCUT2D eigenvalue weighted by molar-refractivity contribution is 0.410. The normalized spacial score (nSPS) is 14.8. The van der Waals surface area contributed by atoms with E-state index in [-0.39, 0.29) is 0 Å². The maximum atomic E-state index is 5.95. The van der Waals surface area contributed by atoms with E-state index in [4.69, 9.17) is 4.43 Å². The molecule has 0 aromatic heterocycles. The number of hydrogen-bond donors (Lipinski definition) is 0. The van der Waals surface area contributed by atoms with Crippen LogP contribution in [0.15, 0.2) is 0 Å². The molecule has 0 aliphatic rings. The summed E-state index contributed by atoms with van der Waals surface area (Å²) in [6.07, 6.45) is 0. The minimum atomic E-state index is -1.56. The average Bonchev–Trinajstić information content (AvgIpc) is 2.15. The second kappa shape index (κ2) is 5.69. The fraction of sp³-hybridized carbons (Fsp3) is 1.00. The van der Waals surface area contributed by atoms with Crippen LogP contribution in [0.1, 0.15) is 20.8 Å². The van der Waals surface area contributed by atoms with E-state index in [0.717, 1.165) is 0 Å². The van der Waals surface area contributed by atoms with Crippen LogP contribution in [-0.2, 0) is 4.43 Å². The third kappa shape index (κ3) is 3.53. The molecule has 104 valence electrons. The van der Waals surface area contributed by atoms with Gasteiger partial charge in [0.2, 0.25) is 0 Å². The van der Waals surface area contributed by atoms with Gasteiger partial charge in [0.15, 0.2) is 7.83 Å². The summed E-state index contributed by atoms with van der Waals surface area (Å²) >= 11 is 0. The average molecular weight is 292 g/mol. The van der Waals surface area contributed by atoms with Gasteiger partial charge in [-0.1, -0.05) is 47.0 Å². The summed E-state index contributed by atoms with van der Waals surface area (Å²) in [5, 5.41) is 0. The van der Waals surface area contributed by atoms with Gasteiger partial charge in [-0.15, -0.1) is 0 Å². The molecule has 0 rings (SSSR count). The monoisotopic (exact) mass is 291 g/mol. The van der Waals surface area contributed by atoms with Gasteiger partial charge in [0.1, 0.15) is 16.0 Å². The molecule has 0 unspecified atom stereocenters. The van der Waals surface area contributed by atoms with E-state index in [2.05, 4.69) is 64.3 Å². The Kier molecular flexibility index (Phi) is 5.88. The van der Waals surface area contributed by atoms with Gasteiger partial charge in [0.05, 0.1) is 0 Å². The lowest BCUT2D eigenvalue weighted by Gasteiger charge is -2.54. The number of nitrogens with zero attached hydrogens (tertiary/aromatic N) is 1. The Balaban J connectivity index is 5.49. The zero-order chi connectivity index (χ0) is 14.1. The predicted octanol–water partition coefficient (Wildman–Crippen LogP) is 4.06. The Bertz CT molecular complexity index is 252. The van der Waals surface area contributed by atoms with Gasteiger partial charge < -0.3 is 8.66 Å². The van der Waals surface area contributed by atoms with Gasteiger partial charge in [0.25, 0.3) is 0 Å². The SMILES string of the molecule is CC[Si](C)(C)N(C(C)C)[Si](C)(C)[Si](C)(C)OC. The van der Waals surface area contributed by atoms with E-state index < -0.39 is 23.8 Å². The molecule has 0 saturated carbocycles. The number of hydrogen-bond acceptors (Lipinski definition) is 2. The Morgan fingerprint density at radius 3 is 1.65 bits per heavy atom. The highest BCUT2D eigenvalue weighted by Gasteiger charge is 2.52. The molecular weight excluding hydrogens is 258 g/mol. The zero-order valence-corrected chi connectivity index (χ0v) is 16.6. The van der Waals surface area contributed by atoms with Crippen molar-refractivity contribution in [3.8, 4) is 0 Å². The molecule has 0 fully saturated rings. The maximum Gasteiger partial charge on any atom is 0.190 e. The second-order valence-electron chi connectivity index (χ2n) is 6.90. The van der Waals surface area contributed by atoms with Gasteiger partial charge in [0, 0.05) is 7.11 Å². The quantitative estimate of drug-likeness (QED) is 0.684. The first-order chi connectivity index (χ1) is 7.44. The van der Waals surface area contributed by atoms with Crippen molar-refractivity contribution in [2.75, 3.05) is 7.11 Å². The molecule has 0 bridgehead atoms. The van der Waals surface area contributed by atoms with E-state index in [1.54, 1.807) is 0 Å². The van der Waals surface area contributed by atoms with Crippen LogP contribution in [0, 0.1) is 0 Å². The van der Waals surface area contributed by atoms with Crippen LogP contribution in [0.2, 0.25) is 45.3 Å². The molecule has 0 aliphatic carbocycles. The number of rotatable bonds is 6. The third-order valence-corrected chi connectivity index (χ3v) is 28.2. The lowest BCUT2D eigenvalue weighted by Crippen LogP contribution is -2.74. The first-order valence-electron chi connectivity index (χ1n) is 6.78. The van der Waals surface area contributed by atoms with Crippen LogP contribution in [0.25, 0.3) is 0 Å². The Hall–Kier alpha value is 0.571. The highest BCUT2D eigenvalue weighted by atomic mass is 29.3. The molecule has 0 radical (unpaired) electrons. The van der Waals surface area contributed by atoms with Gasteiger partial charge in [-0.3, -0.25) is 0 Å². The molecule has 0 aliphatic heterocycles. The fourth-order valence-electron chi connectivity index (χ4n) is 2.81. The van der Waals surface area contributed by atoms with E-state index >= 15 is 0 Å². The van der Waals surface area contributed by atoms with E-state index in [9.17, 15) is 0 Å². The van der Waals surface area contributed by atoms with E-state index in [1.165, 1.54) is 6.04 Å². The maximum absolute atomic E-state index is 5.95. The third-order valence-electron chi connectivity index (χ3n) is 4.62. The van der Waals surface area contributed by atoms with E-state index in [1.807, 2.05) is 7.11 Å². The molecule has 0 aromatic rings. The Labute approximate surface area is 112 Å². The Morgan fingerprint density at radius 1 is 1.00 bits per heavy atom. The summed E-state index contributed by atoms with van der Waals surface area (Å²) < 4.78 is 8.88. The smallest absolute Gasteiger partial charge is 0.190 e. The summed E-state index contributed by atoms with van der Waals surface area (Å²) in [5.74, 6) is 0. The Morgan fingerprint density at radius 2 is 1.41 bits per heavy atom. The van der Waals surface area contributed by atoms with Crippen molar-refractivity contribution in [1.29, 1.82) is 0 Å². The van der Waals surface area contributed by atoms with E-state index in [0.29, 0.717) is 6.04 Å². The molecule has 0 saturated heterocycles. The molecule has 2 nitrogen and oxygen atoms in total. The topological polar surface area (TPSA) is 12.5 Å². The molecule has 0 atom stereocenters. The van der Waals surface area contributed by atoms with Crippen LogP contribution in [0.3, 0.4) is 0 Å². The van der Waals surface area contributed by atoms with Crippen LogP contribution < -0.4 is 0 Å². The van der Waals surface area contributed by atoms with Crippen molar-refractivity contribution >= 4 is 23.8 Å². The predicted molar refractivity (Wildman–Crippen MR) is 86.9 cm³/mol.